The number of hydrogen-bond donors (Lipinski definition) is 0. The van der Waals surface area contributed by atoms with Gasteiger partial charge in [0.1, 0.15) is 5.82 Å². The third kappa shape index (κ3) is 4.64. The van der Waals surface area contributed by atoms with E-state index in [1.165, 1.54) is 4.70 Å². The number of fused-ring (bicyclic) bond motifs is 7. The number of imidazole rings is 1. The van der Waals surface area contributed by atoms with Crippen molar-refractivity contribution < 1.29 is 0 Å². The summed E-state index contributed by atoms with van der Waals surface area (Å²) in [5.74, 6) is 2.75. The molecule has 0 amide bonds. The fraction of sp³-hybridized carbons (Fsp3) is 0. The highest BCUT2D eigenvalue weighted by atomic mass is 32.1. The highest BCUT2D eigenvalue weighted by Gasteiger charge is 2.22. The average molecular weight is 697 g/mol. The Bertz CT molecular complexity index is 3120. The van der Waals surface area contributed by atoms with E-state index in [0.29, 0.717) is 17.6 Å². The summed E-state index contributed by atoms with van der Waals surface area (Å²) in [6, 6.07) is 58.9. The van der Waals surface area contributed by atoms with E-state index in [0.717, 1.165) is 76.5 Å². The lowest BCUT2D eigenvalue weighted by Gasteiger charge is -2.12. The van der Waals surface area contributed by atoms with Gasteiger partial charge in [0.15, 0.2) is 11.6 Å². The molecule has 0 aliphatic carbocycles. The van der Waals surface area contributed by atoms with Gasteiger partial charge < -0.3 is 0 Å². The number of nitrogens with zero attached hydrogens (tertiary/aromatic N) is 6. The molecule has 0 saturated heterocycles. The first-order valence-corrected chi connectivity index (χ1v) is 18.4. The summed E-state index contributed by atoms with van der Waals surface area (Å²) in [6.07, 6.45) is 0. The molecule has 11 aromatic rings. The number of aromatic nitrogens is 6. The maximum Gasteiger partial charge on any atom is 0.238 e. The third-order valence-corrected chi connectivity index (χ3v) is 11.2. The maximum absolute atomic E-state index is 5.30. The van der Waals surface area contributed by atoms with Crippen molar-refractivity contribution in [1.82, 2.24) is 29.1 Å². The number of para-hydroxylation sites is 5. The lowest BCUT2D eigenvalue weighted by Crippen LogP contribution is -2.06. The van der Waals surface area contributed by atoms with Gasteiger partial charge in [0, 0.05) is 53.3 Å². The van der Waals surface area contributed by atoms with Gasteiger partial charge >= 0.3 is 0 Å². The van der Waals surface area contributed by atoms with Crippen LogP contribution in [0, 0.1) is 0 Å². The highest BCUT2D eigenvalue weighted by Crippen LogP contribution is 2.44. The second-order valence-corrected chi connectivity index (χ2v) is 14.1. The molecule has 0 radical (unpaired) electrons. The predicted octanol–water partition coefficient (Wildman–Crippen LogP) is 11.7. The molecule has 0 N–H and O–H groups in total. The van der Waals surface area contributed by atoms with Crippen molar-refractivity contribution in [2.45, 2.75) is 0 Å². The molecule has 6 nitrogen and oxygen atoms in total. The van der Waals surface area contributed by atoms with Crippen LogP contribution in [0.1, 0.15) is 0 Å². The zero-order chi connectivity index (χ0) is 34.9. The Morgan fingerprint density at radius 2 is 1.02 bits per heavy atom. The van der Waals surface area contributed by atoms with E-state index < -0.39 is 0 Å². The Morgan fingerprint density at radius 1 is 0.415 bits per heavy atom. The summed E-state index contributed by atoms with van der Waals surface area (Å²) in [7, 11) is 0. The summed E-state index contributed by atoms with van der Waals surface area (Å²) >= 11 is 1.78. The Morgan fingerprint density at radius 3 is 1.79 bits per heavy atom. The summed E-state index contributed by atoms with van der Waals surface area (Å²) < 4.78 is 6.76. The van der Waals surface area contributed by atoms with Crippen LogP contribution in [0.4, 0.5) is 0 Å². The molecule has 0 saturated carbocycles. The summed E-state index contributed by atoms with van der Waals surface area (Å²) in [6.45, 7) is 0. The molecule has 0 aliphatic heterocycles. The van der Waals surface area contributed by atoms with Gasteiger partial charge in [-0.05, 0) is 48.5 Å². The third-order valence-electron chi connectivity index (χ3n) is 10.0. The molecule has 0 aliphatic rings. The van der Waals surface area contributed by atoms with Gasteiger partial charge in [-0.2, -0.15) is 9.97 Å². The van der Waals surface area contributed by atoms with Crippen molar-refractivity contribution in [3.05, 3.63) is 170 Å². The summed E-state index contributed by atoms with van der Waals surface area (Å²) in [4.78, 5) is 20.9. The van der Waals surface area contributed by atoms with Crippen molar-refractivity contribution in [3.8, 4) is 45.8 Å². The SMILES string of the molecule is c1ccc(-c2nc(-c3cccc4sc5c(-c6nc7ccccc7n6-c6ccccc6)cccc5c34)nc(-n3c4ccccc4c4ccccc43)n2)cc1. The van der Waals surface area contributed by atoms with Crippen LogP contribution in [0.3, 0.4) is 0 Å². The van der Waals surface area contributed by atoms with E-state index in [2.05, 4.69) is 149 Å². The molecule has 7 aromatic carbocycles. The van der Waals surface area contributed by atoms with Crippen molar-refractivity contribution in [2.24, 2.45) is 0 Å². The number of hydrogen-bond acceptors (Lipinski definition) is 5. The van der Waals surface area contributed by atoms with E-state index in [1.54, 1.807) is 11.3 Å². The van der Waals surface area contributed by atoms with E-state index >= 15 is 0 Å². The van der Waals surface area contributed by atoms with Crippen LogP contribution in [0.2, 0.25) is 0 Å². The molecule has 0 unspecified atom stereocenters. The van der Waals surface area contributed by atoms with Gasteiger partial charge in [-0.25, -0.2) is 9.97 Å². The van der Waals surface area contributed by atoms with Crippen LogP contribution in [0.5, 0.6) is 0 Å². The van der Waals surface area contributed by atoms with Crippen LogP contribution < -0.4 is 0 Å². The van der Waals surface area contributed by atoms with Crippen LogP contribution in [-0.2, 0) is 0 Å². The fourth-order valence-corrected chi connectivity index (χ4v) is 8.93. The summed E-state index contributed by atoms with van der Waals surface area (Å²) in [5.41, 5.74) is 8.19. The van der Waals surface area contributed by atoms with Crippen LogP contribution in [0.15, 0.2) is 170 Å². The minimum Gasteiger partial charge on any atom is -0.292 e. The van der Waals surface area contributed by atoms with Gasteiger partial charge in [0.2, 0.25) is 5.95 Å². The molecule has 7 heteroatoms. The summed E-state index contributed by atoms with van der Waals surface area (Å²) in [5, 5.41) is 4.58. The van der Waals surface area contributed by atoms with Gasteiger partial charge in [-0.1, -0.05) is 121 Å². The molecule has 248 valence electrons. The Labute approximate surface area is 307 Å². The first-order valence-electron chi connectivity index (χ1n) is 17.6. The fourth-order valence-electron chi connectivity index (χ4n) is 7.69. The van der Waals surface area contributed by atoms with Crippen molar-refractivity contribution in [1.29, 1.82) is 0 Å². The molecule has 53 heavy (non-hydrogen) atoms. The quantitative estimate of drug-likeness (QED) is 0.180. The lowest BCUT2D eigenvalue weighted by atomic mass is 10.0. The monoisotopic (exact) mass is 696 g/mol. The van der Waals surface area contributed by atoms with Gasteiger partial charge in [0.25, 0.3) is 0 Å². The predicted molar refractivity (Wildman–Crippen MR) is 218 cm³/mol. The van der Waals surface area contributed by atoms with E-state index in [-0.39, 0.29) is 0 Å². The van der Waals surface area contributed by atoms with Crippen LogP contribution >= 0.6 is 11.3 Å². The topological polar surface area (TPSA) is 61.4 Å². The molecule has 0 bridgehead atoms. The second kappa shape index (κ2) is 11.8. The average Bonchev–Trinajstić information content (AvgIpc) is 3.91. The molecule has 11 rings (SSSR count). The molecular formula is C46H28N6S. The number of rotatable bonds is 5. The lowest BCUT2D eigenvalue weighted by molar-refractivity contribution is 0.954. The Hall–Kier alpha value is -6.96. The Balaban J connectivity index is 1.18. The standard InChI is InChI=1S/C46H28N6S/c1-3-15-29(16-4-1)43-48-44(50-46(49-43)52-37-25-10-7-19-31(37)32-20-8-11-26-38(32)52)34-22-14-28-40-41(34)33-21-13-23-35(42(33)53-40)45-47-36-24-9-12-27-39(36)51(45)30-17-5-2-6-18-30/h1-28H. The van der Waals surface area contributed by atoms with E-state index in [4.69, 9.17) is 19.9 Å². The first-order chi connectivity index (χ1) is 26.3. The molecule has 4 aromatic heterocycles. The van der Waals surface area contributed by atoms with Gasteiger partial charge in [-0.3, -0.25) is 9.13 Å². The number of thiophene rings is 1. The van der Waals surface area contributed by atoms with E-state index in [1.807, 2.05) is 30.3 Å². The van der Waals surface area contributed by atoms with E-state index in [9.17, 15) is 0 Å². The van der Waals surface area contributed by atoms with Gasteiger partial charge in [0.05, 0.1) is 22.1 Å². The van der Waals surface area contributed by atoms with Crippen LogP contribution in [-0.4, -0.2) is 29.1 Å². The first kappa shape index (κ1) is 29.7. The van der Waals surface area contributed by atoms with Crippen LogP contribution in [0.25, 0.3) is 98.8 Å². The largest absolute Gasteiger partial charge is 0.292 e. The van der Waals surface area contributed by atoms with Crippen molar-refractivity contribution in [3.63, 3.8) is 0 Å². The smallest absolute Gasteiger partial charge is 0.238 e. The van der Waals surface area contributed by atoms with Crippen molar-refractivity contribution in [2.75, 3.05) is 0 Å². The maximum atomic E-state index is 5.30. The Kier molecular flexibility index (Phi) is 6.62. The molecule has 0 atom stereocenters. The normalized spacial score (nSPS) is 11.8. The zero-order valence-electron chi connectivity index (χ0n) is 28.3. The minimum absolute atomic E-state index is 0.583. The van der Waals surface area contributed by atoms with Crippen molar-refractivity contribution >= 4 is 64.3 Å². The highest BCUT2D eigenvalue weighted by molar-refractivity contribution is 7.26. The number of benzene rings is 7. The molecule has 0 fully saturated rings. The van der Waals surface area contributed by atoms with Gasteiger partial charge in [-0.15, -0.1) is 11.3 Å². The zero-order valence-corrected chi connectivity index (χ0v) is 29.1. The molecule has 0 spiro atoms. The second-order valence-electron chi connectivity index (χ2n) is 13.1. The minimum atomic E-state index is 0.583. The molecular weight excluding hydrogens is 669 g/mol. The molecule has 4 heterocycles.